The predicted molar refractivity (Wildman–Crippen MR) is 98.9 cm³/mol. The molecular weight excluding hydrogens is 411 g/mol. The van der Waals surface area contributed by atoms with Crippen molar-refractivity contribution >= 4 is 29.3 Å². The first-order valence-electron chi connectivity index (χ1n) is 8.12. The molecule has 1 aromatic carbocycles. The first-order chi connectivity index (χ1) is 13.8. The maximum absolute atomic E-state index is 13.4. The van der Waals surface area contributed by atoms with Crippen molar-refractivity contribution in [1.82, 2.24) is 20.3 Å². The van der Waals surface area contributed by atoms with Crippen molar-refractivity contribution in [2.45, 2.75) is 12.7 Å². The first-order valence-corrected chi connectivity index (χ1v) is 8.50. The standard InChI is InChI=1S/C18H13ClF3N5O2/c19-12-2-1-3-13(8-12)26-16-24-10-14(15(27-16)18(20,21)22)29-17(28)25-9-11-4-6-23-7-5-11/h1-8,10H,9H2,(H,25,28)(H,24,26,27). The Morgan fingerprint density at radius 2 is 1.93 bits per heavy atom. The Hall–Kier alpha value is -3.40. The van der Waals surface area contributed by atoms with Gasteiger partial charge in [0.05, 0.1) is 6.20 Å². The van der Waals surface area contributed by atoms with Gasteiger partial charge >= 0.3 is 12.3 Å². The van der Waals surface area contributed by atoms with Crippen LogP contribution in [0.3, 0.4) is 0 Å². The van der Waals surface area contributed by atoms with Gasteiger partial charge < -0.3 is 15.4 Å². The van der Waals surface area contributed by atoms with Gasteiger partial charge in [0.2, 0.25) is 5.95 Å². The molecule has 0 aliphatic heterocycles. The highest BCUT2D eigenvalue weighted by Gasteiger charge is 2.38. The van der Waals surface area contributed by atoms with Gasteiger partial charge in [0.15, 0.2) is 11.4 Å². The number of carbonyl (C=O) groups is 1. The third-order valence-electron chi connectivity index (χ3n) is 3.49. The molecule has 0 saturated carbocycles. The molecule has 0 spiro atoms. The van der Waals surface area contributed by atoms with Crippen LogP contribution < -0.4 is 15.4 Å². The number of nitrogens with one attached hydrogen (secondary N) is 2. The summed E-state index contributed by atoms with van der Waals surface area (Å²) in [5, 5.41) is 5.35. The minimum absolute atomic E-state index is 0.0535. The Bertz CT molecular complexity index is 1000. The molecule has 11 heteroatoms. The van der Waals surface area contributed by atoms with Gasteiger partial charge in [-0.2, -0.15) is 13.2 Å². The Labute approximate surface area is 167 Å². The summed E-state index contributed by atoms with van der Waals surface area (Å²) in [5.74, 6) is -1.15. The summed E-state index contributed by atoms with van der Waals surface area (Å²) in [5.41, 5.74) is -0.296. The Morgan fingerprint density at radius 3 is 2.62 bits per heavy atom. The van der Waals surface area contributed by atoms with E-state index in [0.717, 1.165) is 6.20 Å². The van der Waals surface area contributed by atoms with Gasteiger partial charge in [-0.1, -0.05) is 17.7 Å². The minimum Gasteiger partial charge on any atom is -0.406 e. The van der Waals surface area contributed by atoms with Crippen molar-refractivity contribution in [3.8, 4) is 5.75 Å². The number of rotatable bonds is 5. The van der Waals surface area contributed by atoms with Gasteiger partial charge in [-0.05, 0) is 35.9 Å². The second-order valence-corrected chi connectivity index (χ2v) is 6.07. The molecule has 0 bridgehead atoms. The maximum Gasteiger partial charge on any atom is 0.437 e. The summed E-state index contributed by atoms with van der Waals surface area (Å²) in [6, 6.07) is 9.58. The monoisotopic (exact) mass is 423 g/mol. The normalized spacial score (nSPS) is 11.0. The number of halogens is 4. The molecular formula is C18H13ClF3N5O2. The van der Waals surface area contributed by atoms with E-state index in [1.165, 1.54) is 18.5 Å². The molecule has 2 N–H and O–H groups in total. The lowest BCUT2D eigenvalue weighted by Crippen LogP contribution is -2.27. The summed E-state index contributed by atoms with van der Waals surface area (Å²) in [6.07, 6.45) is -2.14. The van der Waals surface area contributed by atoms with Crippen LogP contribution in [-0.2, 0) is 12.7 Å². The zero-order valence-corrected chi connectivity index (χ0v) is 15.3. The number of benzene rings is 1. The van der Waals surface area contributed by atoms with E-state index in [2.05, 4.69) is 25.6 Å². The highest BCUT2D eigenvalue weighted by Crippen LogP contribution is 2.35. The zero-order valence-electron chi connectivity index (χ0n) is 14.6. The molecule has 0 aliphatic rings. The topological polar surface area (TPSA) is 89.0 Å². The molecule has 0 radical (unpaired) electrons. The lowest BCUT2D eigenvalue weighted by Gasteiger charge is -2.14. The molecule has 0 aliphatic carbocycles. The zero-order chi connectivity index (χ0) is 20.9. The highest BCUT2D eigenvalue weighted by molar-refractivity contribution is 6.30. The highest BCUT2D eigenvalue weighted by atomic mass is 35.5. The number of ether oxygens (including phenoxy) is 1. The smallest absolute Gasteiger partial charge is 0.406 e. The number of carbonyl (C=O) groups excluding carboxylic acids is 1. The van der Waals surface area contributed by atoms with Crippen LogP contribution in [0.25, 0.3) is 0 Å². The summed E-state index contributed by atoms with van der Waals surface area (Å²) in [6.45, 7) is 0.0535. The molecule has 150 valence electrons. The van der Waals surface area contributed by atoms with E-state index in [0.29, 0.717) is 16.3 Å². The van der Waals surface area contributed by atoms with E-state index in [-0.39, 0.29) is 12.5 Å². The molecule has 0 saturated heterocycles. The number of hydrogen-bond acceptors (Lipinski definition) is 6. The second-order valence-electron chi connectivity index (χ2n) is 5.64. The summed E-state index contributed by atoms with van der Waals surface area (Å²) >= 11 is 5.84. The lowest BCUT2D eigenvalue weighted by molar-refractivity contribution is -0.142. The van der Waals surface area contributed by atoms with E-state index in [1.54, 1.807) is 30.3 Å². The van der Waals surface area contributed by atoms with Crippen molar-refractivity contribution < 1.29 is 22.7 Å². The van der Waals surface area contributed by atoms with Crippen LogP contribution in [0.15, 0.2) is 55.0 Å². The number of amides is 1. The van der Waals surface area contributed by atoms with E-state index in [4.69, 9.17) is 16.3 Å². The molecule has 3 aromatic rings. The number of nitrogens with zero attached hydrogens (tertiary/aromatic N) is 3. The van der Waals surface area contributed by atoms with Gasteiger partial charge in [0.1, 0.15) is 0 Å². The minimum atomic E-state index is -4.87. The van der Waals surface area contributed by atoms with Crippen LogP contribution in [-0.4, -0.2) is 21.0 Å². The van der Waals surface area contributed by atoms with Gasteiger partial charge in [-0.3, -0.25) is 4.98 Å². The molecule has 7 nitrogen and oxygen atoms in total. The largest absolute Gasteiger partial charge is 0.437 e. The van der Waals surface area contributed by atoms with E-state index in [1.807, 2.05) is 0 Å². The van der Waals surface area contributed by atoms with Crippen LogP contribution in [0.1, 0.15) is 11.3 Å². The Balaban J connectivity index is 1.74. The average molecular weight is 424 g/mol. The fourth-order valence-electron chi connectivity index (χ4n) is 2.21. The van der Waals surface area contributed by atoms with Crippen molar-refractivity contribution in [1.29, 1.82) is 0 Å². The van der Waals surface area contributed by atoms with E-state index in [9.17, 15) is 18.0 Å². The fourth-order valence-corrected chi connectivity index (χ4v) is 2.41. The Kier molecular flexibility index (Phi) is 6.13. The molecule has 0 fully saturated rings. The van der Waals surface area contributed by atoms with Crippen LogP contribution in [0, 0.1) is 0 Å². The third kappa shape index (κ3) is 5.79. The van der Waals surface area contributed by atoms with Gasteiger partial charge in [-0.15, -0.1) is 0 Å². The molecule has 0 unspecified atom stereocenters. The number of hydrogen-bond donors (Lipinski definition) is 2. The lowest BCUT2D eigenvalue weighted by atomic mass is 10.3. The average Bonchev–Trinajstić information content (AvgIpc) is 2.68. The van der Waals surface area contributed by atoms with Crippen molar-refractivity contribution in [2.24, 2.45) is 0 Å². The molecule has 3 rings (SSSR count). The molecule has 1 amide bonds. The van der Waals surface area contributed by atoms with Crippen molar-refractivity contribution in [2.75, 3.05) is 5.32 Å². The SMILES string of the molecule is O=C(NCc1ccncc1)Oc1cnc(Nc2cccc(Cl)c2)nc1C(F)(F)F. The van der Waals surface area contributed by atoms with Gasteiger partial charge in [0, 0.05) is 29.6 Å². The Morgan fingerprint density at radius 1 is 1.17 bits per heavy atom. The van der Waals surface area contributed by atoms with Crippen LogP contribution >= 0.6 is 11.6 Å². The molecule has 0 atom stereocenters. The molecule has 2 heterocycles. The summed E-state index contributed by atoms with van der Waals surface area (Å²) in [7, 11) is 0. The second kappa shape index (κ2) is 8.74. The summed E-state index contributed by atoms with van der Waals surface area (Å²) in [4.78, 5) is 22.9. The quantitative estimate of drug-likeness (QED) is 0.624. The number of alkyl halides is 3. The molecule has 2 aromatic heterocycles. The first kappa shape index (κ1) is 20.3. The van der Waals surface area contributed by atoms with Crippen molar-refractivity contribution in [3.05, 3.63) is 71.3 Å². The summed E-state index contributed by atoms with van der Waals surface area (Å²) < 4.78 is 44.9. The van der Waals surface area contributed by atoms with E-state index >= 15 is 0 Å². The fraction of sp³-hybridized carbons (Fsp3) is 0.111. The number of pyridine rings is 1. The van der Waals surface area contributed by atoms with Crippen molar-refractivity contribution in [3.63, 3.8) is 0 Å². The predicted octanol–water partition coefficient (Wildman–Crippen LogP) is 4.58. The van der Waals surface area contributed by atoms with Gasteiger partial charge in [0.25, 0.3) is 0 Å². The number of anilines is 2. The molecule has 29 heavy (non-hydrogen) atoms. The third-order valence-corrected chi connectivity index (χ3v) is 3.73. The van der Waals surface area contributed by atoms with Crippen LogP contribution in [0.4, 0.5) is 29.6 Å². The maximum atomic E-state index is 13.4. The van der Waals surface area contributed by atoms with E-state index < -0.39 is 23.7 Å². The van der Waals surface area contributed by atoms with Crippen LogP contribution in [0.5, 0.6) is 5.75 Å². The number of aromatic nitrogens is 3. The van der Waals surface area contributed by atoms with Crippen LogP contribution in [0.2, 0.25) is 5.02 Å². The van der Waals surface area contributed by atoms with Gasteiger partial charge in [-0.25, -0.2) is 14.8 Å².